The quantitative estimate of drug-likeness (QED) is 0.811. The van der Waals surface area contributed by atoms with Crippen LogP contribution in [-0.2, 0) is 4.79 Å². The van der Waals surface area contributed by atoms with E-state index in [2.05, 4.69) is 15.9 Å². The number of ether oxygens (including phenoxy) is 1. The Morgan fingerprint density at radius 1 is 1.48 bits per heavy atom. The predicted octanol–water partition coefficient (Wildman–Crippen LogP) is 3.88. The minimum Gasteiger partial charge on any atom is -0.497 e. The van der Waals surface area contributed by atoms with Gasteiger partial charge in [-0.3, -0.25) is 4.79 Å². The van der Waals surface area contributed by atoms with Crippen molar-refractivity contribution in [2.24, 2.45) is 11.1 Å². The van der Waals surface area contributed by atoms with Gasteiger partial charge < -0.3 is 15.6 Å². The Balaban J connectivity index is 2.15. The molecule has 0 spiro atoms. The Bertz CT molecular complexity index is 512. The Morgan fingerprint density at radius 3 is 2.67 bits per heavy atom. The second-order valence-electron chi connectivity index (χ2n) is 5.98. The Morgan fingerprint density at radius 2 is 2.14 bits per heavy atom. The van der Waals surface area contributed by atoms with Crippen molar-refractivity contribution < 1.29 is 14.6 Å². The molecule has 2 rings (SSSR count). The summed E-state index contributed by atoms with van der Waals surface area (Å²) in [6, 6.07) is 5.58. The maximum absolute atomic E-state index is 11.2. The van der Waals surface area contributed by atoms with Crippen molar-refractivity contribution in [3.63, 3.8) is 0 Å². The standard InChI is InChI=1S/C16H22BrNO3/c1-21-11-4-5-12(13(17)8-11)14(18)9-16(10-15(19)20)6-2-3-7-16/h4-5,8,14H,2-3,6-7,9-10,18H2,1H3,(H,19,20). The summed E-state index contributed by atoms with van der Waals surface area (Å²) < 4.78 is 6.10. The lowest BCUT2D eigenvalue weighted by Gasteiger charge is -2.30. The zero-order valence-electron chi connectivity index (χ0n) is 12.3. The van der Waals surface area contributed by atoms with Crippen molar-refractivity contribution in [3.05, 3.63) is 28.2 Å². The summed E-state index contributed by atoms with van der Waals surface area (Å²) in [6.07, 6.45) is 5.05. The van der Waals surface area contributed by atoms with Crippen LogP contribution in [0.5, 0.6) is 5.75 Å². The van der Waals surface area contributed by atoms with Crippen LogP contribution < -0.4 is 10.5 Å². The molecule has 0 saturated heterocycles. The fourth-order valence-electron chi connectivity index (χ4n) is 3.41. The number of hydrogen-bond acceptors (Lipinski definition) is 3. The molecule has 1 aromatic carbocycles. The SMILES string of the molecule is COc1ccc(C(N)CC2(CC(=O)O)CCCC2)c(Br)c1. The van der Waals surface area contributed by atoms with Crippen LogP contribution in [0.25, 0.3) is 0 Å². The Hall–Kier alpha value is -1.07. The lowest BCUT2D eigenvalue weighted by Crippen LogP contribution is -2.27. The highest BCUT2D eigenvalue weighted by molar-refractivity contribution is 9.10. The van der Waals surface area contributed by atoms with Crippen molar-refractivity contribution in [1.82, 2.24) is 0 Å². The van der Waals surface area contributed by atoms with Gasteiger partial charge in [0.15, 0.2) is 0 Å². The number of carboxylic acid groups (broad SMARTS) is 1. The maximum atomic E-state index is 11.2. The van der Waals surface area contributed by atoms with Gasteiger partial charge in [0.05, 0.1) is 13.5 Å². The van der Waals surface area contributed by atoms with E-state index < -0.39 is 5.97 Å². The molecule has 116 valence electrons. The molecule has 0 heterocycles. The van der Waals surface area contributed by atoms with E-state index in [1.807, 2.05) is 18.2 Å². The summed E-state index contributed by atoms with van der Waals surface area (Å²) >= 11 is 3.53. The molecule has 1 aliphatic rings. The van der Waals surface area contributed by atoms with Crippen LogP contribution >= 0.6 is 15.9 Å². The van der Waals surface area contributed by atoms with Crippen LogP contribution in [0.15, 0.2) is 22.7 Å². The molecule has 4 nitrogen and oxygen atoms in total. The molecule has 0 aromatic heterocycles. The van der Waals surface area contributed by atoms with Gasteiger partial charge in [-0.25, -0.2) is 0 Å². The summed E-state index contributed by atoms with van der Waals surface area (Å²) in [5.74, 6) is 0.0526. The third-order valence-corrected chi connectivity index (χ3v) is 5.14. The minimum atomic E-state index is -0.724. The van der Waals surface area contributed by atoms with Gasteiger partial charge >= 0.3 is 5.97 Å². The van der Waals surface area contributed by atoms with Crippen LogP contribution in [0.1, 0.15) is 50.1 Å². The normalized spacial score (nSPS) is 18.4. The largest absolute Gasteiger partial charge is 0.497 e. The van der Waals surface area contributed by atoms with Gasteiger partial charge in [0.2, 0.25) is 0 Å². The van der Waals surface area contributed by atoms with E-state index in [0.29, 0.717) is 6.42 Å². The molecule has 0 radical (unpaired) electrons. The Kier molecular flexibility index (Phi) is 5.27. The smallest absolute Gasteiger partial charge is 0.303 e. The molecular weight excluding hydrogens is 334 g/mol. The van der Waals surface area contributed by atoms with E-state index in [4.69, 9.17) is 10.5 Å². The van der Waals surface area contributed by atoms with Crippen LogP contribution in [-0.4, -0.2) is 18.2 Å². The first-order valence-corrected chi connectivity index (χ1v) is 8.06. The molecule has 1 aliphatic carbocycles. The lowest BCUT2D eigenvalue weighted by atomic mass is 9.76. The monoisotopic (exact) mass is 355 g/mol. The predicted molar refractivity (Wildman–Crippen MR) is 85.4 cm³/mol. The van der Waals surface area contributed by atoms with Gasteiger partial charge in [-0.1, -0.05) is 34.8 Å². The molecule has 1 fully saturated rings. The molecule has 1 atom stereocenters. The van der Waals surface area contributed by atoms with Crippen molar-refractivity contribution in [1.29, 1.82) is 0 Å². The number of benzene rings is 1. The van der Waals surface area contributed by atoms with E-state index in [0.717, 1.165) is 41.5 Å². The molecule has 21 heavy (non-hydrogen) atoms. The third-order valence-electron chi connectivity index (χ3n) is 4.45. The van der Waals surface area contributed by atoms with Crippen molar-refractivity contribution in [2.75, 3.05) is 7.11 Å². The number of carbonyl (C=O) groups is 1. The van der Waals surface area contributed by atoms with Gasteiger partial charge in [-0.05, 0) is 42.4 Å². The highest BCUT2D eigenvalue weighted by Gasteiger charge is 2.37. The van der Waals surface area contributed by atoms with E-state index >= 15 is 0 Å². The number of methoxy groups -OCH3 is 1. The molecule has 3 N–H and O–H groups in total. The number of nitrogens with two attached hydrogens (primary N) is 1. The number of hydrogen-bond donors (Lipinski definition) is 2. The molecule has 0 aliphatic heterocycles. The first-order chi connectivity index (χ1) is 9.96. The molecular formula is C16H22BrNO3. The van der Waals surface area contributed by atoms with Crippen LogP contribution in [0, 0.1) is 5.41 Å². The molecule has 1 aromatic rings. The third kappa shape index (κ3) is 3.98. The van der Waals surface area contributed by atoms with Crippen LogP contribution in [0.2, 0.25) is 0 Å². The number of rotatable bonds is 6. The highest BCUT2D eigenvalue weighted by Crippen LogP contribution is 2.47. The number of carboxylic acids is 1. The molecule has 5 heteroatoms. The molecule has 0 bridgehead atoms. The number of aliphatic carboxylic acids is 1. The second kappa shape index (κ2) is 6.79. The zero-order valence-corrected chi connectivity index (χ0v) is 13.9. The van der Waals surface area contributed by atoms with Gasteiger partial charge in [0, 0.05) is 10.5 Å². The molecule has 0 amide bonds. The first-order valence-electron chi connectivity index (χ1n) is 7.27. The van der Waals surface area contributed by atoms with Gasteiger partial charge in [-0.15, -0.1) is 0 Å². The lowest BCUT2D eigenvalue weighted by molar-refractivity contribution is -0.139. The fourth-order valence-corrected chi connectivity index (χ4v) is 4.06. The maximum Gasteiger partial charge on any atom is 0.303 e. The average molecular weight is 356 g/mol. The van der Waals surface area contributed by atoms with Gasteiger partial charge in [0.25, 0.3) is 0 Å². The summed E-state index contributed by atoms with van der Waals surface area (Å²) in [4.78, 5) is 11.2. The first kappa shape index (κ1) is 16.3. The summed E-state index contributed by atoms with van der Waals surface area (Å²) in [6.45, 7) is 0. The highest BCUT2D eigenvalue weighted by atomic mass is 79.9. The summed E-state index contributed by atoms with van der Waals surface area (Å²) in [7, 11) is 1.63. The Labute approximate surface area is 133 Å². The van der Waals surface area contributed by atoms with Gasteiger partial charge in [0.1, 0.15) is 5.75 Å². The van der Waals surface area contributed by atoms with Crippen molar-refractivity contribution >= 4 is 21.9 Å². The van der Waals surface area contributed by atoms with Gasteiger partial charge in [-0.2, -0.15) is 0 Å². The summed E-state index contributed by atoms with van der Waals surface area (Å²) in [5.41, 5.74) is 7.22. The fraction of sp³-hybridized carbons (Fsp3) is 0.562. The topological polar surface area (TPSA) is 72.5 Å². The second-order valence-corrected chi connectivity index (χ2v) is 6.83. The molecule has 1 saturated carbocycles. The number of halogens is 1. The van der Waals surface area contributed by atoms with Crippen molar-refractivity contribution in [3.8, 4) is 5.75 Å². The van der Waals surface area contributed by atoms with Crippen molar-refractivity contribution in [2.45, 2.75) is 44.6 Å². The minimum absolute atomic E-state index is 0.148. The zero-order chi connectivity index (χ0) is 15.5. The van der Waals surface area contributed by atoms with E-state index in [9.17, 15) is 9.90 Å². The molecule has 1 unspecified atom stereocenters. The van der Waals surface area contributed by atoms with E-state index in [1.165, 1.54) is 0 Å². The van der Waals surface area contributed by atoms with E-state index in [1.54, 1.807) is 7.11 Å². The summed E-state index contributed by atoms with van der Waals surface area (Å²) in [5, 5.41) is 9.18. The van der Waals surface area contributed by atoms with Crippen LogP contribution in [0.4, 0.5) is 0 Å². The van der Waals surface area contributed by atoms with Crippen LogP contribution in [0.3, 0.4) is 0 Å². The average Bonchev–Trinajstić information content (AvgIpc) is 2.85. The van der Waals surface area contributed by atoms with E-state index in [-0.39, 0.29) is 17.9 Å².